The molecule has 94 valence electrons. The SMILES string of the molecule is CSc1ccc(C(Br)Cc2ccncc2Cl)cc1. The largest absolute Gasteiger partial charge is 0.263 e. The lowest BCUT2D eigenvalue weighted by atomic mass is 10.1. The molecule has 4 heteroatoms. The van der Waals surface area contributed by atoms with Gasteiger partial charge in [-0.1, -0.05) is 39.7 Å². The van der Waals surface area contributed by atoms with Crippen LogP contribution in [0.3, 0.4) is 0 Å². The summed E-state index contributed by atoms with van der Waals surface area (Å²) >= 11 is 11.6. The van der Waals surface area contributed by atoms with Crippen molar-refractivity contribution in [3.8, 4) is 0 Å². The number of aromatic nitrogens is 1. The number of rotatable bonds is 4. The van der Waals surface area contributed by atoms with E-state index in [1.54, 1.807) is 24.2 Å². The minimum absolute atomic E-state index is 0.272. The molecule has 0 N–H and O–H groups in total. The first-order valence-corrected chi connectivity index (χ1v) is 8.09. The van der Waals surface area contributed by atoms with Gasteiger partial charge in [0.2, 0.25) is 0 Å². The van der Waals surface area contributed by atoms with E-state index in [0.717, 1.165) is 17.0 Å². The Morgan fingerprint density at radius 3 is 2.61 bits per heavy atom. The van der Waals surface area contributed by atoms with Crippen LogP contribution in [-0.2, 0) is 6.42 Å². The molecule has 0 bridgehead atoms. The molecule has 1 heterocycles. The van der Waals surface area contributed by atoms with Crippen LogP contribution in [0.25, 0.3) is 0 Å². The molecule has 1 atom stereocenters. The van der Waals surface area contributed by atoms with Crippen LogP contribution >= 0.6 is 39.3 Å². The van der Waals surface area contributed by atoms with Crippen molar-refractivity contribution in [2.45, 2.75) is 16.1 Å². The molecule has 0 amide bonds. The fourth-order valence-electron chi connectivity index (χ4n) is 1.69. The Bertz CT molecular complexity index is 515. The molecular formula is C14H13BrClNS. The number of thioether (sulfide) groups is 1. The van der Waals surface area contributed by atoms with Crippen LogP contribution in [0.4, 0.5) is 0 Å². The van der Waals surface area contributed by atoms with E-state index in [4.69, 9.17) is 11.6 Å². The Labute approximate surface area is 125 Å². The minimum atomic E-state index is 0.272. The van der Waals surface area contributed by atoms with Crippen molar-refractivity contribution in [2.75, 3.05) is 6.26 Å². The van der Waals surface area contributed by atoms with E-state index in [9.17, 15) is 0 Å². The lowest BCUT2D eigenvalue weighted by molar-refractivity contribution is 0.942. The predicted molar refractivity (Wildman–Crippen MR) is 82.8 cm³/mol. The summed E-state index contributed by atoms with van der Waals surface area (Å²) in [5.41, 5.74) is 2.38. The molecule has 2 aromatic rings. The zero-order valence-corrected chi connectivity index (χ0v) is 13.1. The van der Waals surface area contributed by atoms with Gasteiger partial charge in [-0.05, 0) is 42.0 Å². The van der Waals surface area contributed by atoms with Crippen molar-refractivity contribution in [1.82, 2.24) is 4.98 Å². The minimum Gasteiger partial charge on any atom is -0.263 e. The Morgan fingerprint density at radius 2 is 2.00 bits per heavy atom. The van der Waals surface area contributed by atoms with Gasteiger partial charge in [-0.3, -0.25) is 4.98 Å². The first-order chi connectivity index (χ1) is 8.70. The molecule has 0 radical (unpaired) electrons. The Morgan fingerprint density at radius 1 is 1.28 bits per heavy atom. The van der Waals surface area contributed by atoms with Crippen molar-refractivity contribution < 1.29 is 0 Å². The van der Waals surface area contributed by atoms with Crippen molar-refractivity contribution in [3.05, 3.63) is 58.9 Å². The lowest BCUT2D eigenvalue weighted by Gasteiger charge is -2.11. The zero-order valence-electron chi connectivity index (χ0n) is 9.94. The van der Waals surface area contributed by atoms with Gasteiger partial charge in [0.25, 0.3) is 0 Å². The molecule has 1 nitrogen and oxygen atoms in total. The summed E-state index contributed by atoms with van der Waals surface area (Å²) in [4.78, 5) is 5.55. The molecule has 0 saturated carbocycles. The summed E-state index contributed by atoms with van der Waals surface area (Å²) in [5.74, 6) is 0. The number of benzene rings is 1. The van der Waals surface area contributed by atoms with Crippen LogP contribution in [0, 0.1) is 0 Å². The molecule has 1 aromatic carbocycles. The molecule has 0 spiro atoms. The average Bonchev–Trinajstić information content (AvgIpc) is 2.41. The third-order valence-electron chi connectivity index (χ3n) is 2.73. The normalized spacial score (nSPS) is 12.4. The van der Waals surface area contributed by atoms with E-state index < -0.39 is 0 Å². The highest BCUT2D eigenvalue weighted by atomic mass is 79.9. The Balaban J connectivity index is 2.11. The van der Waals surface area contributed by atoms with Crippen LogP contribution in [0.5, 0.6) is 0 Å². The molecule has 1 aromatic heterocycles. The summed E-state index contributed by atoms with van der Waals surface area (Å²) in [6.07, 6.45) is 6.41. The maximum atomic E-state index is 6.12. The topological polar surface area (TPSA) is 12.9 Å². The Kier molecular flexibility index (Phi) is 5.10. The third kappa shape index (κ3) is 3.50. The van der Waals surface area contributed by atoms with Gasteiger partial charge in [-0.2, -0.15) is 0 Å². The van der Waals surface area contributed by atoms with Crippen LogP contribution in [0.15, 0.2) is 47.6 Å². The standard InChI is InChI=1S/C14H13BrClNS/c1-18-12-4-2-10(3-5-12)13(15)8-11-6-7-17-9-14(11)16/h2-7,9,13H,8H2,1H3. The second-order valence-electron chi connectivity index (χ2n) is 3.91. The van der Waals surface area contributed by atoms with Crippen molar-refractivity contribution >= 4 is 39.3 Å². The molecule has 1 unspecified atom stereocenters. The first-order valence-electron chi connectivity index (χ1n) is 5.57. The number of nitrogens with zero attached hydrogens (tertiary/aromatic N) is 1. The smallest absolute Gasteiger partial charge is 0.0621 e. The zero-order chi connectivity index (χ0) is 13.0. The molecular weight excluding hydrogens is 330 g/mol. The van der Waals surface area contributed by atoms with Crippen molar-refractivity contribution in [3.63, 3.8) is 0 Å². The van der Waals surface area contributed by atoms with E-state index in [0.29, 0.717) is 0 Å². The maximum absolute atomic E-state index is 6.12. The summed E-state index contributed by atoms with van der Waals surface area (Å²) in [5, 5.41) is 0.725. The van der Waals surface area contributed by atoms with Crippen LogP contribution in [0.2, 0.25) is 5.02 Å². The molecule has 0 aliphatic rings. The fourth-order valence-corrected chi connectivity index (χ4v) is 2.95. The quantitative estimate of drug-likeness (QED) is 0.564. The number of hydrogen-bond acceptors (Lipinski definition) is 2. The van der Waals surface area contributed by atoms with Gasteiger partial charge in [0, 0.05) is 22.1 Å². The molecule has 0 saturated heterocycles. The number of pyridine rings is 1. The third-order valence-corrected chi connectivity index (χ3v) is 4.67. The number of halogens is 2. The average molecular weight is 343 g/mol. The molecule has 2 rings (SSSR count). The second-order valence-corrected chi connectivity index (χ2v) is 6.30. The van der Waals surface area contributed by atoms with Crippen molar-refractivity contribution in [2.24, 2.45) is 0 Å². The van der Waals surface area contributed by atoms with Crippen LogP contribution < -0.4 is 0 Å². The van der Waals surface area contributed by atoms with E-state index in [2.05, 4.69) is 51.4 Å². The van der Waals surface area contributed by atoms with Gasteiger partial charge in [0.15, 0.2) is 0 Å². The number of hydrogen-bond donors (Lipinski definition) is 0. The second kappa shape index (κ2) is 6.60. The van der Waals surface area contributed by atoms with E-state index in [-0.39, 0.29) is 4.83 Å². The highest BCUT2D eigenvalue weighted by molar-refractivity contribution is 9.09. The van der Waals surface area contributed by atoms with E-state index >= 15 is 0 Å². The van der Waals surface area contributed by atoms with Gasteiger partial charge >= 0.3 is 0 Å². The summed E-state index contributed by atoms with van der Waals surface area (Å²) < 4.78 is 0. The lowest BCUT2D eigenvalue weighted by Crippen LogP contribution is -1.96. The first kappa shape index (κ1) is 13.9. The molecule has 0 aliphatic heterocycles. The Hall–Kier alpha value is -0.510. The molecule has 18 heavy (non-hydrogen) atoms. The van der Waals surface area contributed by atoms with Gasteiger partial charge in [0.1, 0.15) is 0 Å². The van der Waals surface area contributed by atoms with Gasteiger partial charge in [-0.25, -0.2) is 0 Å². The van der Waals surface area contributed by atoms with E-state index in [1.165, 1.54) is 10.5 Å². The highest BCUT2D eigenvalue weighted by Gasteiger charge is 2.10. The summed E-state index contributed by atoms with van der Waals surface area (Å²) in [6.45, 7) is 0. The van der Waals surface area contributed by atoms with Crippen molar-refractivity contribution in [1.29, 1.82) is 0 Å². The molecule has 0 fully saturated rings. The number of alkyl halides is 1. The maximum Gasteiger partial charge on any atom is 0.0621 e. The predicted octanol–water partition coefficient (Wildman–Crippen LogP) is 5.14. The fraction of sp³-hybridized carbons (Fsp3) is 0.214. The van der Waals surface area contributed by atoms with Crippen LogP contribution in [0.1, 0.15) is 16.0 Å². The monoisotopic (exact) mass is 341 g/mol. The van der Waals surface area contributed by atoms with Crippen LogP contribution in [-0.4, -0.2) is 11.2 Å². The summed E-state index contributed by atoms with van der Waals surface area (Å²) in [7, 11) is 0. The van der Waals surface area contributed by atoms with Gasteiger partial charge in [-0.15, -0.1) is 11.8 Å². The van der Waals surface area contributed by atoms with Gasteiger partial charge < -0.3 is 0 Å². The summed E-state index contributed by atoms with van der Waals surface area (Å²) in [6, 6.07) is 10.6. The van der Waals surface area contributed by atoms with E-state index in [1.807, 2.05) is 6.07 Å². The van der Waals surface area contributed by atoms with Gasteiger partial charge in [0.05, 0.1) is 5.02 Å². The highest BCUT2D eigenvalue weighted by Crippen LogP contribution is 2.30. The molecule has 0 aliphatic carbocycles.